The number of hydrogen-bond donors (Lipinski definition) is 2. The Labute approximate surface area is 159 Å². The third kappa shape index (κ3) is 5.99. The number of alkyl halides is 2. The number of nitrogens with two attached hydrogens (primary N) is 1. The van der Waals surface area contributed by atoms with Crippen molar-refractivity contribution in [3.8, 4) is 5.75 Å². The fourth-order valence-electron chi connectivity index (χ4n) is 2.05. The molecule has 0 aliphatic carbocycles. The average Bonchev–Trinajstić information content (AvgIpc) is 2.61. The second-order valence-corrected chi connectivity index (χ2v) is 7.07. The first-order valence-electron chi connectivity index (χ1n) is 7.76. The first-order valence-corrected chi connectivity index (χ1v) is 9.30. The number of nitrogens with one attached hydrogen (secondary N) is 1. The van der Waals surface area contributed by atoms with Gasteiger partial charge in [0.1, 0.15) is 5.75 Å². The van der Waals surface area contributed by atoms with Gasteiger partial charge in [0.25, 0.3) is 5.91 Å². The number of benzene rings is 2. The predicted octanol–water partition coefficient (Wildman–Crippen LogP) is 2.12. The fraction of sp³-hybridized carbons (Fsp3) is 0.176. The van der Waals surface area contributed by atoms with E-state index < -0.39 is 34.6 Å². The molecule has 8 nitrogen and oxygen atoms in total. The zero-order chi connectivity index (χ0) is 20.9. The topological polar surface area (TPSA) is 125 Å². The average molecular weight is 414 g/mol. The van der Waals surface area contributed by atoms with Gasteiger partial charge in [-0.25, -0.2) is 18.4 Å². The lowest BCUT2D eigenvalue weighted by Gasteiger charge is -2.14. The maximum Gasteiger partial charge on any atom is 0.387 e. The van der Waals surface area contributed by atoms with Gasteiger partial charge in [0.05, 0.1) is 10.5 Å². The van der Waals surface area contributed by atoms with Gasteiger partial charge in [0.15, 0.2) is 6.10 Å². The standard InChI is InChI=1S/C17H16F2N2O6S/c1-10(15(22)21-12-5-7-14(8-6-12)28(20,24)25)26-16(23)11-3-2-4-13(9-11)27-17(18)19/h2-10,17H,1H3,(H,21,22)(H2,20,24,25). The number of carbonyl (C=O) groups excluding carboxylic acids is 2. The van der Waals surface area contributed by atoms with Crippen LogP contribution in [0.25, 0.3) is 0 Å². The summed E-state index contributed by atoms with van der Waals surface area (Å²) in [7, 11) is -3.86. The van der Waals surface area contributed by atoms with E-state index in [4.69, 9.17) is 9.88 Å². The first kappa shape index (κ1) is 21.3. The van der Waals surface area contributed by atoms with Crippen molar-refractivity contribution in [1.29, 1.82) is 0 Å². The molecule has 0 aliphatic rings. The maximum atomic E-state index is 12.2. The Kier molecular flexibility index (Phi) is 6.65. The van der Waals surface area contributed by atoms with Gasteiger partial charge in [-0.2, -0.15) is 8.78 Å². The summed E-state index contributed by atoms with van der Waals surface area (Å²) in [4.78, 5) is 24.1. The number of rotatable bonds is 7. The number of esters is 1. The highest BCUT2D eigenvalue weighted by Gasteiger charge is 2.20. The number of anilines is 1. The Balaban J connectivity index is 1.99. The molecule has 0 fully saturated rings. The van der Waals surface area contributed by atoms with Crippen molar-refractivity contribution in [3.05, 3.63) is 54.1 Å². The number of carbonyl (C=O) groups is 2. The smallest absolute Gasteiger partial charge is 0.387 e. The summed E-state index contributed by atoms with van der Waals surface area (Å²) in [6, 6.07) is 9.99. The fourth-order valence-corrected chi connectivity index (χ4v) is 2.57. The zero-order valence-corrected chi connectivity index (χ0v) is 15.3. The lowest BCUT2D eigenvalue weighted by atomic mass is 10.2. The van der Waals surface area contributed by atoms with Crippen LogP contribution in [0.15, 0.2) is 53.4 Å². The lowest BCUT2D eigenvalue weighted by molar-refractivity contribution is -0.123. The van der Waals surface area contributed by atoms with E-state index in [0.717, 1.165) is 6.07 Å². The molecule has 1 amide bonds. The number of halogens is 2. The predicted molar refractivity (Wildman–Crippen MR) is 94.4 cm³/mol. The van der Waals surface area contributed by atoms with E-state index in [1.54, 1.807) is 0 Å². The molecule has 2 rings (SSSR count). The van der Waals surface area contributed by atoms with E-state index in [1.807, 2.05) is 0 Å². The van der Waals surface area contributed by atoms with E-state index >= 15 is 0 Å². The van der Waals surface area contributed by atoms with E-state index in [2.05, 4.69) is 10.1 Å². The molecule has 0 saturated carbocycles. The molecule has 150 valence electrons. The monoisotopic (exact) mass is 414 g/mol. The van der Waals surface area contributed by atoms with Crippen LogP contribution in [-0.2, 0) is 19.6 Å². The van der Waals surface area contributed by atoms with Crippen molar-refractivity contribution in [3.63, 3.8) is 0 Å². The van der Waals surface area contributed by atoms with Crippen molar-refractivity contribution >= 4 is 27.6 Å². The Bertz CT molecular complexity index is 964. The molecule has 1 unspecified atom stereocenters. The van der Waals surface area contributed by atoms with Crippen LogP contribution in [0.5, 0.6) is 5.75 Å². The van der Waals surface area contributed by atoms with Crippen LogP contribution < -0.4 is 15.2 Å². The Morgan fingerprint density at radius 3 is 2.32 bits per heavy atom. The van der Waals surface area contributed by atoms with Crippen LogP contribution in [0, 0.1) is 0 Å². The third-order valence-electron chi connectivity index (χ3n) is 3.40. The van der Waals surface area contributed by atoms with Crippen LogP contribution >= 0.6 is 0 Å². The molecule has 1 atom stereocenters. The molecule has 0 spiro atoms. The SMILES string of the molecule is CC(OC(=O)c1cccc(OC(F)F)c1)C(=O)Nc1ccc(S(N)(=O)=O)cc1. The van der Waals surface area contributed by atoms with Gasteiger partial charge in [-0.1, -0.05) is 6.07 Å². The van der Waals surface area contributed by atoms with E-state index in [1.165, 1.54) is 49.4 Å². The van der Waals surface area contributed by atoms with Crippen molar-refractivity contribution in [2.45, 2.75) is 24.5 Å². The number of ether oxygens (including phenoxy) is 2. The minimum atomic E-state index is -3.86. The van der Waals surface area contributed by atoms with Gasteiger partial charge in [0, 0.05) is 5.69 Å². The molecule has 0 aliphatic heterocycles. The summed E-state index contributed by atoms with van der Waals surface area (Å²) < 4.78 is 56.1. The number of amides is 1. The quantitative estimate of drug-likeness (QED) is 0.669. The first-order chi connectivity index (χ1) is 13.1. The summed E-state index contributed by atoms with van der Waals surface area (Å²) in [5, 5.41) is 7.42. The summed E-state index contributed by atoms with van der Waals surface area (Å²) in [5.41, 5.74) is 0.183. The zero-order valence-electron chi connectivity index (χ0n) is 14.5. The van der Waals surface area contributed by atoms with Gasteiger partial charge < -0.3 is 14.8 Å². The van der Waals surface area contributed by atoms with Crippen LogP contribution in [0.2, 0.25) is 0 Å². The summed E-state index contributed by atoms with van der Waals surface area (Å²) in [5.74, 6) is -1.82. The second kappa shape index (κ2) is 8.76. The molecule has 28 heavy (non-hydrogen) atoms. The van der Waals surface area contributed by atoms with Crippen molar-refractivity contribution in [2.75, 3.05) is 5.32 Å². The molecule has 0 radical (unpaired) electrons. The molecule has 3 N–H and O–H groups in total. The van der Waals surface area contributed by atoms with Crippen molar-refractivity contribution in [2.24, 2.45) is 5.14 Å². The summed E-state index contributed by atoms with van der Waals surface area (Å²) in [6.45, 7) is -1.73. The van der Waals surface area contributed by atoms with Gasteiger partial charge >= 0.3 is 12.6 Å². The van der Waals surface area contributed by atoms with Crippen LogP contribution in [0.3, 0.4) is 0 Å². The Morgan fingerprint density at radius 2 is 1.75 bits per heavy atom. The molecular formula is C17H16F2N2O6S. The van der Waals surface area contributed by atoms with Crippen LogP contribution in [0.4, 0.5) is 14.5 Å². The van der Waals surface area contributed by atoms with E-state index in [-0.39, 0.29) is 21.9 Å². The van der Waals surface area contributed by atoms with Crippen molar-refractivity contribution in [1.82, 2.24) is 0 Å². The lowest BCUT2D eigenvalue weighted by Crippen LogP contribution is -2.30. The van der Waals surface area contributed by atoms with E-state index in [9.17, 15) is 26.8 Å². The van der Waals surface area contributed by atoms with Crippen LogP contribution in [-0.4, -0.2) is 33.0 Å². The summed E-state index contributed by atoms with van der Waals surface area (Å²) >= 11 is 0. The number of primary sulfonamides is 1. The molecular weight excluding hydrogens is 398 g/mol. The molecule has 11 heteroatoms. The van der Waals surface area contributed by atoms with Gasteiger partial charge in [-0.3, -0.25) is 4.79 Å². The summed E-state index contributed by atoms with van der Waals surface area (Å²) in [6.07, 6.45) is -1.22. The minimum Gasteiger partial charge on any atom is -0.449 e. The number of hydrogen-bond acceptors (Lipinski definition) is 6. The highest BCUT2D eigenvalue weighted by Crippen LogP contribution is 2.18. The minimum absolute atomic E-state index is 0.0738. The molecule has 0 bridgehead atoms. The Morgan fingerprint density at radius 1 is 1.11 bits per heavy atom. The van der Waals surface area contributed by atoms with Gasteiger partial charge in [-0.15, -0.1) is 0 Å². The second-order valence-electron chi connectivity index (χ2n) is 5.51. The molecule has 2 aromatic rings. The van der Waals surface area contributed by atoms with Gasteiger partial charge in [-0.05, 0) is 49.4 Å². The largest absolute Gasteiger partial charge is 0.449 e. The van der Waals surface area contributed by atoms with Crippen LogP contribution in [0.1, 0.15) is 17.3 Å². The van der Waals surface area contributed by atoms with Gasteiger partial charge in [0.2, 0.25) is 10.0 Å². The molecule has 0 saturated heterocycles. The Hall–Kier alpha value is -3.05. The highest BCUT2D eigenvalue weighted by molar-refractivity contribution is 7.89. The maximum absolute atomic E-state index is 12.2. The molecule has 2 aromatic carbocycles. The third-order valence-corrected chi connectivity index (χ3v) is 4.33. The normalized spacial score (nSPS) is 12.3. The molecule has 0 heterocycles. The number of sulfonamides is 1. The van der Waals surface area contributed by atoms with Crippen molar-refractivity contribution < 1.29 is 36.3 Å². The van der Waals surface area contributed by atoms with E-state index in [0.29, 0.717) is 0 Å². The molecule has 0 aromatic heterocycles. The highest BCUT2D eigenvalue weighted by atomic mass is 32.2.